The first kappa shape index (κ1) is 14.4. The first-order valence-corrected chi connectivity index (χ1v) is 6.63. The second-order valence-electron chi connectivity index (χ2n) is 4.82. The highest BCUT2D eigenvalue weighted by atomic mass is 32.1. The summed E-state index contributed by atoms with van der Waals surface area (Å²) in [6.45, 7) is 4.93. The molecule has 0 amide bonds. The van der Waals surface area contributed by atoms with Crippen molar-refractivity contribution >= 4 is 23.0 Å². The number of rotatable bonds is 4. The molecule has 0 aromatic heterocycles. The molecular weight excluding hydrogens is 234 g/mol. The van der Waals surface area contributed by atoms with Crippen LogP contribution in [0.5, 0.6) is 0 Å². The van der Waals surface area contributed by atoms with E-state index < -0.39 is 0 Å². The van der Waals surface area contributed by atoms with E-state index in [1.165, 1.54) is 18.6 Å². The van der Waals surface area contributed by atoms with Crippen LogP contribution < -0.4 is 10.7 Å². The second-order valence-corrected chi connectivity index (χ2v) is 5.23. The van der Waals surface area contributed by atoms with E-state index in [4.69, 9.17) is 17.0 Å². The maximum absolute atomic E-state index is 5.16. The van der Waals surface area contributed by atoms with Crippen LogP contribution in [0.3, 0.4) is 0 Å². The molecule has 0 heterocycles. The Morgan fingerprint density at radius 3 is 3.06 bits per heavy atom. The van der Waals surface area contributed by atoms with E-state index in [0.717, 1.165) is 18.8 Å². The molecule has 0 aromatic rings. The number of hydrogen-bond acceptors (Lipinski definition) is 3. The van der Waals surface area contributed by atoms with Crippen molar-refractivity contribution in [3.8, 4) is 0 Å². The first-order valence-electron chi connectivity index (χ1n) is 6.22. The van der Waals surface area contributed by atoms with E-state index in [1.54, 1.807) is 7.11 Å². The summed E-state index contributed by atoms with van der Waals surface area (Å²) in [6.07, 6.45) is 4.73. The Bertz CT molecular complexity index is 281. The van der Waals surface area contributed by atoms with Crippen LogP contribution >= 0.6 is 12.2 Å². The van der Waals surface area contributed by atoms with Crippen LogP contribution in [0.4, 0.5) is 0 Å². The van der Waals surface area contributed by atoms with Crippen LogP contribution in [0, 0.1) is 5.92 Å². The predicted molar refractivity (Wildman–Crippen MR) is 75.3 cm³/mol. The normalized spacial score (nSPS) is 24.4. The smallest absolute Gasteiger partial charge is 0.187 e. The van der Waals surface area contributed by atoms with Crippen molar-refractivity contribution in [1.82, 2.24) is 10.7 Å². The van der Waals surface area contributed by atoms with Gasteiger partial charge < -0.3 is 10.1 Å². The topological polar surface area (TPSA) is 45.6 Å². The highest BCUT2D eigenvalue weighted by Crippen LogP contribution is 2.20. The van der Waals surface area contributed by atoms with Crippen molar-refractivity contribution in [3.05, 3.63) is 0 Å². The van der Waals surface area contributed by atoms with Gasteiger partial charge in [-0.05, 0) is 50.7 Å². The monoisotopic (exact) mass is 257 g/mol. The Morgan fingerprint density at radius 1 is 1.65 bits per heavy atom. The van der Waals surface area contributed by atoms with Gasteiger partial charge in [0.2, 0.25) is 0 Å². The SMILES string of the molecule is COC[C@@H](C)NC(=S)N/N=C1/CCC[C@@H](C)C1. The van der Waals surface area contributed by atoms with Gasteiger partial charge in [0, 0.05) is 18.9 Å². The van der Waals surface area contributed by atoms with Gasteiger partial charge in [0.15, 0.2) is 5.11 Å². The molecule has 1 aliphatic rings. The Labute approximate surface area is 109 Å². The molecule has 2 N–H and O–H groups in total. The molecule has 0 aromatic carbocycles. The standard InChI is InChI=1S/C12H23N3OS/c1-9-5-4-6-11(7-9)14-15-12(17)13-10(2)8-16-3/h9-10H,4-8H2,1-3H3,(H2,13,15,17)/b14-11-/t9-,10-/m1/s1. The van der Waals surface area contributed by atoms with E-state index in [9.17, 15) is 0 Å². The third-order valence-corrected chi connectivity index (χ3v) is 3.07. The van der Waals surface area contributed by atoms with Gasteiger partial charge in [-0.25, -0.2) is 0 Å². The number of nitrogens with zero attached hydrogens (tertiary/aromatic N) is 1. The van der Waals surface area contributed by atoms with Gasteiger partial charge in [0.05, 0.1) is 6.61 Å². The number of hydrogen-bond donors (Lipinski definition) is 2. The first-order chi connectivity index (χ1) is 8.11. The molecule has 1 saturated carbocycles. The van der Waals surface area contributed by atoms with Crippen molar-refractivity contribution in [1.29, 1.82) is 0 Å². The van der Waals surface area contributed by atoms with Crippen LogP contribution in [0.15, 0.2) is 5.10 Å². The lowest BCUT2D eigenvalue weighted by Crippen LogP contribution is -2.41. The minimum absolute atomic E-state index is 0.200. The average Bonchev–Trinajstić information content (AvgIpc) is 2.27. The lowest BCUT2D eigenvalue weighted by atomic mass is 9.89. The molecule has 17 heavy (non-hydrogen) atoms. The minimum Gasteiger partial charge on any atom is -0.383 e. The third kappa shape index (κ3) is 5.98. The fourth-order valence-electron chi connectivity index (χ4n) is 2.04. The zero-order valence-corrected chi connectivity index (χ0v) is 11.8. The molecule has 1 aliphatic carbocycles. The molecule has 0 aliphatic heterocycles. The fraction of sp³-hybridized carbons (Fsp3) is 0.833. The third-order valence-electron chi connectivity index (χ3n) is 2.86. The van der Waals surface area contributed by atoms with E-state index in [2.05, 4.69) is 22.8 Å². The quantitative estimate of drug-likeness (QED) is 0.598. The predicted octanol–water partition coefficient (Wildman–Crippen LogP) is 2.05. The van der Waals surface area contributed by atoms with Gasteiger partial charge in [-0.3, -0.25) is 5.43 Å². The molecule has 4 nitrogen and oxygen atoms in total. The second kappa shape index (κ2) is 7.61. The fourth-order valence-corrected chi connectivity index (χ4v) is 2.29. The number of thiocarbonyl (C=S) groups is 1. The number of nitrogens with one attached hydrogen (secondary N) is 2. The van der Waals surface area contributed by atoms with E-state index >= 15 is 0 Å². The Morgan fingerprint density at radius 2 is 2.41 bits per heavy atom. The highest BCUT2D eigenvalue weighted by Gasteiger charge is 2.14. The Kier molecular flexibility index (Phi) is 6.44. The number of methoxy groups -OCH3 is 1. The molecule has 0 spiro atoms. The van der Waals surface area contributed by atoms with E-state index in [0.29, 0.717) is 11.7 Å². The summed E-state index contributed by atoms with van der Waals surface area (Å²) in [6, 6.07) is 0.200. The van der Waals surface area contributed by atoms with Crippen molar-refractivity contribution < 1.29 is 4.74 Å². The summed E-state index contributed by atoms with van der Waals surface area (Å²) in [5.74, 6) is 0.748. The summed E-state index contributed by atoms with van der Waals surface area (Å²) >= 11 is 5.16. The van der Waals surface area contributed by atoms with Crippen LogP contribution in [0.1, 0.15) is 39.5 Å². The summed E-state index contributed by atoms with van der Waals surface area (Å²) < 4.78 is 5.03. The largest absolute Gasteiger partial charge is 0.383 e. The summed E-state index contributed by atoms with van der Waals surface area (Å²) in [7, 11) is 1.68. The average molecular weight is 257 g/mol. The molecule has 0 radical (unpaired) electrons. The Hall–Kier alpha value is -0.680. The van der Waals surface area contributed by atoms with Crippen LogP contribution in [-0.2, 0) is 4.74 Å². The molecule has 0 unspecified atom stereocenters. The van der Waals surface area contributed by atoms with Gasteiger partial charge in [-0.1, -0.05) is 6.92 Å². The van der Waals surface area contributed by atoms with Crippen molar-refractivity contribution in [3.63, 3.8) is 0 Å². The highest BCUT2D eigenvalue weighted by molar-refractivity contribution is 7.80. The minimum atomic E-state index is 0.200. The maximum atomic E-state index is 5.16. The van der Waals surface area contributed by atoms with Crippen molar-refractivity contribution in [2.24, 2.45) is 11.0 Å². The molecule has 5 heteroatoms. The molecular formula is C12H23N3OS. The Balaban J connectivity index is 2.28. The number of ether oxygens (including phenoxy) is 1. The summed E-state index contributed by atoms with van der Waals surface area (Å²) in [5, 5.41) is 8.06. The van der Waals surface area contributed by atoms with Crippen LogP contribution in [0.2, 0.25) is 0 Å². The van der Waals surface area contributed by atoms with E-state index in [-0.39, 0.29) is 6.04 Å². The van der Waals surface area contributed by atoms with Gasteiger partial charge >= 0.3 is 0 Å². The van der Waals surface area contributed by atoms with Gasteiger partial charge in [-0.15, -0.1) is 0 Å². The van der Waals surface area contributed by atoms with E-state index in [1.807, 2.05) is 6.92 Å². The summed E-state index contributed by atoms with van der Waals surface area (Å²) in [5.41, 5.74) is 4.14. The molecule has 1 rings (SSSR count). The molecule has 2 atom stereocenters. The molecule has 0 bridgehead atoms. The zero-order chi connectivity index (χ0) is 12.7. The van der Waals surface area contributed by atoms with Crippen LogP contribution in [0.25, 0.3) is 0 Å². The van der Waals surface area contributed by atoms with Gasteiger partial charge in [-0.2, -0.15) is 5.10 Å². The number of hydrazone groups is 1. The van der Waals surface area contributed by atoms with Gasteiger partial charge in [0.1, 0.15) is 0 Å². The van der Waals surface area contributed by atoms with Crippen molar-refractivity contribution in [2.45, 2.75) is 45.6 Å². The molecule has 1 fully saturated rings. The lowest BCUT2D eigenvalue weighted by molar-refractivity contribution is 0.179. The van der Waals surface area contributed by atoms with Crippen LogP contribution in [-0.4, -0.2) is 30.6 Å². The molecule has 98 valence electrons. The maximum Gasteiger partial charge on any atom is 0.187 e. The molecule has 0 saturated heterocycles. The van der Waals surface area contributed by atoms with Crippen molar-refractivity contribution in [2.75, 3.05) is 13.7 Å². The zero-order valence-electron chi connectivity index (χ0n) is 11.0. The lowest BCUT2D eigenvalue weighted by Gasteiger charge is -2.20. The van der Waals surface area contributed by atoms with Gasteiger partial charge in [0.25, 0.3) is 0 Å². The summed E-state index contributed by atoms with van der Waals surface area (Å²) in [4.78, 5) is 0.